The van der Waals surface area contributed by atoms with Gasteiger partial charge >= 0.3 is 0 Å². The summed E-state index contributed by atoms with van der Waals surface area (Å²) in [6, 6.07) is 1.77. The summed E-state index contributed by atoms with van der Waals surface area (Å²) in [6.45, 7) is 0.298. The molecule has 5 nitrogen and oxygen atoms in total. The van der Waals surface area contributed by atoms with Crippen LogP contribution in [0.15, 0.2) is 23.8 Å². The molecule has 0 atom stereocenters. The molecule has 2 heterocycles. The van der Waals surface area contributed by atoms with Gasteiger partial charge in [0.25, 0.3) is 5.91 Å². The van der Waals surface area contributed by atoms with Crippen LogP contribution in [-0.4, -0.2) is 34.1 Å². The Hall–Kier alpha value is -2.10. The first-order valence-corrected chi connectivity index (χ1v) is 6.63. The lowest BCUT2D eigenvalue weighted by Crippen LogP contribution is -2.25. The first kappa shape index (κ1) is 13.3. The predicted octanol–water partition coefficient (Wildman–Crippen LogP) is 0.787. The van der Waals surface area contributed by atoms with E-state index in [9.17, 15) is 4.79 Å². The van der Waals surface area contributed by atoms with Gasteiger partial charge in [0.15, 0.2) is 0 Å². The van der Waals surface area contributed by atoms with Gasteiger partial charge in [0.05, 0.1) is 0 Å². The summed E-state index contributed by atoms with van der Waals surface area (Å²) < 4.78 is 0. The summed E-state index contributed by atoms with van der Waals surface area (Å²) in [5.74, 6) is 5.99. The Balaban J connectivity index is 1.91. The molecule has 2 aromatic heterocycles. The van der Waals surface area contributed by atoms with Gasteiger partial charge in [-0.05, 0) is 11.4 Å². The van der Waals surface area contributed by atoms with Crippen LogP contribution >= 0.6 is 11.3 Å². The fraction of sp³-hybridized carbons (Fsp3) is 0.231. The van der Waals surface area contributed by atoms with E-state index >= 15 is 0 Å². The minimum atomic E-state index is -0.213. The molecule has 0 bridgehead atoms. The zero-order chi connectivity index (χ0) is 13.5. The van der Waals surface area contributed by atoms with Gasteiger partial charge in [-0.15, -0.1) is 11.3 Å². The molecule has 0 aromatic carbocycles. The number of thiophene rings is 1. The van der Waals surface area contributed by atoms with Crippen molar-refractivity contribution >= 4 is 17.2 Å². The number of aliphatic hydroxyl groups is 1. The number of carbonyl (C=O) groups excluding carboxylic acids is 1. The van der Waals surface area contributed by atoms with Crippen molar-refractivity contribution in [2.75, 3.05) is 13.2 Å². The Morgan fingerprint density at radius 3 is 3.21 bits per heavy atom. The van der Waals surface area contributed by atoms with Crippen molar-refractivity contribution in [3.05, 3.63) is 40.1 Å². The summed E-state index contributed by atoms with van der Waals surface area (Å²) >= 11 is 1.34. The van der Waals surface area contributed by atoms with Crippen molar-refractivity contribution in [1.82, 2.24) is 15.3 Å². The molecule has 19 heavy (non-hydrogen) atoms. The van der Waals surface area contributed by atoms with Crippen LogP contribution in [0.4, 0.5) is 0 Å². The van der Waals surface area contributed by atoms with E-state index in [0.29, 0.717) is 23.4 Å². The second-order valence-corrected chi connectivity index (χ2v) is 4.58. The van der Waals surface area contributed by atoms with E-state index in [1.54, 1.807) is 18.5 Å². The number of hydrogen-bond donors (Lipinski definition) is 3. The van der Waals surface area contributed by atoms with E-state index in [2.05, 4.69) is 27.1 Å². The number of hydrogen-bond acceptors (Lipinski definition) is 4. The number of amides is 1. The number of aromatic amines is 1. The van der Waals surface area contributed by atoms with Gasteiger partial charge in [0.2, 0.25) is 0 Å². The number of imidazole rings is 1. The number of rotatable bonds is 4. The van der Waals surface area contributed by atoms with Crippen molar-refractivity contribution in [3.8, 4) is 11.8 Å². The highest BCUT2D eigenvalue weighted by molar-refractivity contribution is 7.12. The van der Waals surface area contributed by atoms with Crippen LogP contribution in [-0.2, 0) is 6.42 Å². The van der Waals surface area contributed by atoms with Crippen LogP contribution in [0.5, 0.6) is 0 Å². The fourth-order valence-electron chi connectivity index (χ4n) is 1.53. The highest BCUT2D eigenvalue weighted by atomic mass is 32.1. The number of aromatic nitrogens is 2. The van der Waals surface area contributed by atoms with E-state index in [-0.39, 0.29) is 12.5 Å². The molecule has 3 N–H and O–H groups in total. The summed E-state index contributed by atoms with van der Waals surface area (Å²) in [5.41, 5.74) is 0.648. The average molecular weight is 275 g/mol. The van der Waals surface area contributed by atoms with E-state index in [4.69, 9.17) is 5.11 Å². The van der Waals surface area contributed by atoms with Crippen LogP contribution in [0.1, 0.15) is 21.1 Å². The zero-order valence-electron chi connectivity index (χ0n) is 10.1. The normalized spacial score (nSPS) is 9.74. The highest BCUT2D eigenvalue weighted by Crippen LogP contribution is 2.15. The number of carbonyl (C=O) groups is 1. The van der Waals surface area contributed by atoms with Gasteiger partial charge in [0, 0.05) is 30.9 Å². The summed E-state index contributed by atoms with van der Waals surface area (Å²) in [4.78, 5) is 19.6. The molecule has 0 unspecified atom stereocenters. The topological polar surface area (TPSA) is 78.0 Å². The van der Waals surface area contributed by atoms with Gasteiger partial charge < -0.3 is 15.4 Å². The molecule has 0 saturated carbocycles. The largest absolute Gasteiger partial charge is 0.384 e. The molecule has 0 fully saturated rings. The van der Waals surface area contributed by atoms with Gasteiger partial charge in [-0.1, -0.05) is 11.8 Å². The highest BCUT2D eigenvalue weighted by Gasteiger charge is 2.11. The maximum Gasteiger partial charge on any atom is 0.262 e. The van der Waals surface area contributed by atoms with Crippen molar-refractivity contribution in [1.29, 1.82) is 0 Å². The third-order valence-electron chi connectivity index (χ3n) is 2.38. The zero-order valence-corrected chi connectivity index (χ0v) is 11.0. The SMILES string of the molecule is O=C(NCCc1ncc[nH]1)c1sccc1C#CCO. The predicted molar refractivity (Wildman–Crippen MR) is 72.9 cm³/mol. The third-order valence-corrected chi connectivity index (χ3v) is 3.29. The van der Waals surface area contributed by atoms with E-state index in [1.807, 2.05) is 5.38 Å². The number of H-pyrrole nitrogens is 1. The Morgan fingerprint density at radius 1 is 1.58 bits per heavy atom. The van der Waals surface area contributed by atoms with Gasteiger partial charge in [-0.3, -0.25) is 4.79 Å². The maximum atomic E-state index is 12.0. The molecule has 0 aliphatic rings. The molecule has 0 spiro atoms. The third kappa shape index (κ3) is 3.68. The fourth-order valence-corrected chi connectivity index (χ4v) is 2.29. The lowest BCUT2D eigenvalue weighted by molar-refractivity contribution is 0.0958. The Morgan fingerprint density at radius 2 is 2.47 bits per heavy atom. The van der Waals surface area contributed by atoms with Crippen molar-refractivity contribution in [3.63, 3.8) is 0 Å². The molecule has 98 valence electrons. The molecule has 1 amide bonds. The molecule has 0 saturated heterocycles. The van der Waals surface area contributed by atoms with Crippen molar-refractivity contribution < 1.29 is 9.90 Å². The van der Waals surface area contributed by atoms with Crippen molar-refractivity contribution in [2.24, 2.45) is 0 Å². The monoisotopic (exact) mass is 275 g/mol. The summed E-state index contributed by atoms with van der Waals surface area (Å²) in [5, 5.41) is 13.3. The van der Waals surface area contributed by atoms with Gasteiger partial charge in [-0.25, -0.2) is 4.98 Å². The lowest BCUT2D eigenvalue weighted by atomic mass is 10.2. The molecular formula is C13H13N3O2S. The van der Waals surface area contributed by atoms with Crippen LogP contribution < -0.4 is 5.32 Å². The van der Waals surface area contributed by atoms with Crippen LogP contribution in [0.25, 0.3) is 0 Å². The van der Waals surface area contributed by atoms with E-state index < -0.39 is 0 Å². The molecule has 2 aromatic rings. The molecule has 0 aliphatic carbocycles. The molecular weight excluding hydrogens is 262 g/mol. The number of nitrogens with one attached hydrogen (secondary N) is 2. The van der Waals surface area contributed by atoms with Crippen LogP contribution in [0.2, 0.25) is 0 Å². The first-order valence-electron chi connectivity index (χ1n) is 5.75. The standard InChI is InChI=1S/C13H13N3O2S/c17-8-1-2-10-4-9-19-12(10)13(18)16-5-3-11-14-6-7-15-11/h4,6-7,9,17H,3,5,8H2,(H,14,15)(H,16,18). The maximum absolute atomic E-state index is 12.0. The van der Waals surface area contributed by atoms with E-state index in [1.165, 1.54) is 11.3 Å². The van der Waals surface area contributed by atoms with Gasteiger partial charge in [-0.2, -0.15) is 0 Å². The molecule has 6 heteroatoms. The smallest absolute Gasteiger partial charge is 0.262 e. The quantitative estimate of drug-likeness (QED) is 0.722. The van der Waals surface area contributed by atoms with E-state index in [0.717, 1.165) is 5.82 Å². The van der Waals surface area contributed by atoms with Crippen LogP contribution in [0, 0.1) is 11.8 Å². The van der Waals surface area contributed by atoms with Crippen LogP contribution in [0.3, 0.4) is 0 Å². The van der Waals surface area contributed by atoms with Gasteiger partial charge in [0.1, 0.15) is 17.3 Å². The lowest BCUT2D eigenvalue weighted by Gasteiger charge is -2.02. The minimum absolute atomic E-state index is 0.149. The van der Waals surface area contributed by atoms with Crippen molar-refractivity contribution in [2.45, 2.75) is 6.42 Å². The molecule has 0 radical (unpaired) electrons. The summed E-state index contributed by atoms with van der Waals surface area (Å²) in [7, 11) is 0. The second kappa shape index (κ2) is 6.73. The minimum Gasteiger partial charge on any atom is -0.384 e. The molecule has 0 aliphatic heterocycles. The Bertz CT molecular complexity index is 593. The number of aliphatic hydroxyl groups excluding tert-OH is 1. The Labute approximate surface area is 114 Å². The number of nitrogens with zero attached hydrogens (tertiary/aromatic N) is 1. The molecule has 2 rings (SSSR count). The summed E-state index contributed by atoms with van der Waals surface area (Å²) in [6.07, 6.45) is 4.08. The first-order chi connectivity index (χ1) is 9.31. The Kier molecular flexibility index (Phi) is 4.72. The second-order valence-electron chi connectivity index (χ2n) is 3.67. The average Bonchev–Trinajstić information content (AvgIpc) is 3.07.